The first kappa shape index (κ1) is 17.9. The first-order valence-corrected chi connectivity index (χ1v) is 10.7. The molecule has 0 unspecified atom stereocenters. The highest BCUT2D eigenvalue weighted by molar-refractivity contribution is 7.98. The van der Waals surface area contributed by atoms with Gasteiger partial charge in [-0.3, -0.25) is 4.57 Å². The molecule has 0 saturated heterocycles. The molecular formula is C20H15N5O2S2. The molecule has 0 saturated carbocycles. The van der Waals surface area contributed by atoms with Crippen molar-refractivity contribution < 1.29 is 8.94 Å². The number of thiophene rings is 1. The molecule has 4 aromatic heterocycles. The number of benzene rings is 1. The summed E-state index contributed by atoms with van der Waals surface area (Å²) in [6, 6.07) is 15.8. The van der Waals surface area contributed by atoms with Crippen molar-refractivity contribution in [1.29, 1.82) is 0 Å². The predicted octanol–water partition coefficient (Wildman–Crippen LogP) is 5.24. The van der Waals surface area contributed by atoms with Gasteiger partial charge in [0.25, 0.3) is 5.89 Å². The van der Waals surface area contributed by atoms with Crippen LogP contribution in [0.25, 0.3) is 27.8 Å². The Morgan fingerprint density at radius 3 is 2.72 bits per heavy atom. The lowest BCUT2D eigenvalue weighted by molar-refractivity contribution is 0.426. The van der Waals surface area contributed by atoms with Gasteiger partial charge >= 0.3 is 0 Å². The number of hydrogen-bond acceptors (Lipinski definition) is 8. The second-order valence-corrected chi connectivity index (χ2v) is 8.04. The van der Waals surface area contributed by atoms with Crippen molar-refractivity contribution in [2.24, 2.45) is 0 Å². The fraction of sp³-hybridized carbons (Fsp3) is 0.100. The zero-order chi connectivity index (χ0) is 19.6. The van der Waals surface area contributed by atoms with Crippen LogP contribution in [0, 0.1) is 6.92 Å². The lowest BCUT2D eigenvalue weighted by Gasteiger charge is -2.09. The van der Waals surface area contributed by atoms with Gasteiger partial charge in [0, 0.05) is 5.69 Å². The third kappa shape index (κ3) is 3.50. The molecule has 0 atom stereocenters. The lowest BCUT2D eigenvalue weighted by atomic mass is 10.2. The van der Waals surface area contributed by atoms with Crippen molar-refractivity contribution in [3.8, 4) is 27.8 Å². The molecule has 29 heavy (non-hydrogen) atoms. The second-order valence-electron chi connectivity index (χ2n) is 6.15. The average Bonchev–Trinajstić information content (AvgIpc) is 3.52. The molecule has 0 radical (unpaired) electrons. The van der Waals surface area contributed by atoms with Crippen LogP contribution in [0.4, 0.5) is 0 Å². The first-order valence-electron chi connectivity index (χ1n) is 8.84. The summed E-state index contributed by atoms with van der Waals surface area (Å²) in [5.41, 5.74) is 1.88. The van der Waals surface area contributed by atoms with Crippen molar-refractivity contribution in [2.75, 3.05) is 0 Å². The summed E-state index contributed by atoms with van der Waals surface area (Å²) < 4.78 is 12.9. The molecule has 0 N–H and O–H groups in total. The minimum atomic E-state index is 0.518. The van der Waals surface area contributed by atoms with Crippen LogP contribution in [-0.2, 0) is 5.75 Å². The zero-order valence-corrected chi connectivity index (χ0v) is 17.0. The van der Waals surface area contributed by atoms with E-state index in [-0.39, 0.29) is 0 Å². The molecular weight excluding hydrogens is 406 g/mol. The van der Waals surface area contributed by atoms with E-state index in [9.17, 15) is 0 Å². The highest BCUT2D eigenvalue weighted by Crippen LogP contribution is 2.31. The van der Waals surface area contributed by atoms with Crippen molar-refractivity contribution >= 4 is 23.1 Å². The van der Waals surface area contributed by atoms with Gasteiger partial charge in [0.15, 0.2) is 16.8 Å². The molecule has 4 heterocycles. The van der Waals surface area contributed by atoms with Crippen LogP contribution in [-0.4, -0.2) is 24.9 Å². The van der Waals surface area contributed by atoms with Crippen LogP contribution in [0.1, 0.15) is 11.6 Å². The van der Waals surface area contributed by atoms with Gasteiger partial charge in [0.2, 0.25) is 0 Å². The highest BCUT2D eigenvalue weighted by atomic mass is 32.2. The molecule has 0 aliphatic carbocycles. The number of furan rings is 1. The molecule has 5 aromatic rings. The molecule has 0 bridgehead atoms. The van der Waals surface area contributed by atoms with Gasteiger partial charge in [-0.15, -0.1) is 21.5 Å². The van der Waals surface area contributed by atoms with Gasteiger partial charge in [-0.2, -0.15) is 4.98 Å². The Labute approximate surface area is 174 Å². The molecule has 0 fully saturated rings. The zero-order valence-electron chi connectivity index (χ0n) is 15.3. The number of thioether (sulfide) groups is 1. The molecule has 5 rings (SSSR count). The van der Waals surface area contributed by atoms with Crippen molar-refractivity contribution in [1.82, 2.24) is 24.9 Å². The Balaban J connectivity index is 1.46. The summed E-state index contributed by atoms with van der Waals surface area (Å²) in [4.78, 5) is 5.44. The first-order chi connectivity index (χ1) is 14.3. The predicted molar refractivity (Wildman–Crippen MR) is 111 cm³/mol. The monoisotopic (exact) mass is 421 g/mol. The quantitative estimate of drug-likeness (QED) is 0.347. The Morgan fingerprint density at radius 2 is 1.97 bits per heavy atom. The maximum absolute atomic E-state index is 5.47. The Morgan fingerprint density at radius 1 is 1.07 bits per heavy atom. The number of para-hydroxylation sites is 1. The summed E-state index contributed by atoms with van der Waals surface area (Å²) in [5.74, 6) is 3.20. The smallest absolute Gasteiger partial charge is 0.268 e. The third-order valence-electron chi connectivity index (χ3n) is 4.28. The van der Waals surface area contributed by atoms with Gasteiger partial charge in [-0.25, -0.2) is 0 Å². The highest BCUT2D eigenvalue weighted by Gasteiger charge is 2.20. The number of aryl methyl sites for hydroxylation is 1. The third-order valence-corrected chi connectivity index (χ3v) is 6.06. The van der Waals surface area contributed by atoms with Crippen LogP contribution >= 0.6 is 23.1 Å². The normalized spacial score (nSPS) is 11.2. The van der Waals surface area contributed by atoms with E-state index in [1.54, 1.807) is 17.6 Å². The molecule has 0 aliphatic heterocycles. The van der Waals surface area contributed by atoms with Crippen molar-refractivity contribution in [3.05, 3.63) is 71.8 Å². The van der Waals surface area contributed by atoms with Gasteiger partial charge in [0.1, 0.15) is 5.76 Å². The fourth-order valence-corrected chi connectivity index (χ4v) is 4.35. The van der Waals surface area contributed by atoms with Crippen LogP contribution < -0.4 is 0 Å². The number of rotatable bonds is 6. The standard InChI is InChI=1S/C20H15N5O2S2/c1-13-15(9-10-26-13)18-22-23-20(25(18)14-6-3-2-4-7-14)29-12-17-21-19(27-24-17)16-8-5-11-28-16/h2-11H,12H2,1H3. The maximum atomic E-state index is 5.47. The van der Waals surface area contributed by atoms with E-state index in [1.807, 2.05) is 65.4 Å². The molecule has 0 aliphatic rings. The fourth-order valence-electron chi connectivity index (χ4n) is 2.91. The second kappa shape index (κ2) is 7.69. The van der Waals surface area contributed by atoms with E-state index < -0.39 is 0 Å². The van der Waals surface area contributed by atoms with Gasteiger partial charge in [-0.1, -0.05) is 41.2 Å². The van der Waals surface area contributed by atoms with Crippen LogP contribution in [0.3, 0.4) is 0 Å². The van der Waals surface area contributed by atoms with E-state index in [0.717, 1.165) is 32.9 Å². The molecule has 0 amide bonds. The largest absolute Gasteiger partial charge is 0.469 e. The SMILES string of the molecule is Cc1occc1-c1nnc(SCc2noc(-c3cccs3)n2)n1-c1ccccc1. The van der Waals surface area contributed by atoms with Crippen LogP contribution in [0.2, 0.25) is 0 Å². The summed E-state index contributed by atoms with van der Waals surface area (Å²) in [6.07, 6.45) is 1.66. The topological polar surface area (TPSA) is 82.8 Å². The molecule has 1 aromatic carbocycles. The Bertz CT molecular complexity index is 1230. The minimum Gasteiger partial charge on any atom is -0.469 e. The van der Waals surface area contributed by atoms with E-state index in [1.165, 1.54) is 11.8 Å². The molecule has 9 heteroatoms. The Kier molecular flexibility index (Phi) is 4.74. The van der Waals surface area contributed by atoms with Crippen LogP contribution in [0.15, 0.2) is 74.3 Å². The van der Waals surface area contributed by atoms with Gasteiger partial charge in [0.05, 0.1) is 22.5 Å². The van der Waals surface area contributed by atoms with Gasteiger partial charge < -0.3 is 8.94 Å². The number of hydrogen-bond donors (Lipinski definition) is 0. The average molecular weight is 422 g/mol. The van der Waals surface area contributed by atoms with Crippen molar-refractivity contribution in [3.63, 3.8) is 0 Å². The maximum Gasteiger partial charge on any atom is 0.268 e. The van der Waals surface area contributed by atoms with Gasteiger partial charge in [-0.05, 0) is 36.6 Å². The molecule has 144 valence electrons. The van der Waals surface area contributed by atoms with E-state index >= 15 is 0 Å². The van der Waals surface area contributed by atoms with Crippen LogP contribution in [0.5, 0.6) is 0 Å². The van der Waals surface area contributed by atoms with E-state index in [0.29, 0.717) is 17.5 Å². The lowest BCUT2D eigenvalue weighted by Crippen LogP contribution is -2.00. The summed E-state index contributed by atoms with van der Waals surface area (Å²) in [7, 11) is 0. The summed E-state index contributed by atoms with van der Waals surface area (Å²) >= 11 is 3.07. The van der Waals surface area contributed by atoms with E-state index in [2.05, 4.69) is 20.3 Å². The van der Waals surface area contributed by atoms with E-state index in [4.69, 9.17) is 8.94 Å². The minimum absolute atomic E-state index is 0.518. The van der Waals surface area contributed by atoms with Crippen molar-refractivity contribution in [2.45, 2.75) is 17.8 Å². The number of aromatic nitrogens is 5. The Hall–Kier alpha value is -3.17. The molecule has 0 spiro atoms. The molecule has 7 nitrogen and oxygen atoms in total. The number of nitrogens with zero attached hydrogens (tertiary/aromatic N) is 5. The summed E-state index contributed by atoms with van der Waals surface area (Å²) in [5, 5.41) is 15.6. The summed E-state index contributed by atoms with van der Waals surface area (Å²) in [6.45, 7) is 1.91.